The topological polar surface area (TPSA) is 114 Å². The van der Waals surface area contributed by atoms with Gasteiger partial charge in [0.25, 0.3) is 0 Å². The number of likely N-dealkylation sites (tertiary alicyclic amines) is 2. The van der Waals surface area contributed by atoms with Gasteiger partial charge >= 0.3 is 12.3 Å². The maximum atomic E-state index is 13.4. The number of carbonyl (C=O) groups excluding carboxylic acids is 2. The second-order valence-electron chi connectivity index (χ2n) is 13.8. The summed E-state index contributed by atoms with van der Waals surface area (Å²) in [6.45, 7) is 10.8. The van der Waals surface area contributed by atoms with E-state index in [4.69, 9.17) is 10.00 Å². The van der Waals surface area contributed by atoms with Gasteiger partial charge in [-0.2, -0.15) is 23.5 Å². The summed E-state index contributed by atoms with van der Waals surface area (Å²) in [5.74, 6) is 1.19. The molecule has 2 saturated heterocycles. The van der Waals surface area contributed by atoms with Crippen molar-refractivity contribution in [2.45, 2.75) is 82.5 Å². The number of fused-ring (bicyclic) bond motifs is 1. The van der Waals surface area contributed by atoms with Gasteiger partial charge < -0.3 is 24.6 Å². The Kier molecular flexibility index (Phi) is 8.73. The number of amides is 1. The predicted octanol–water partition coefficient (Wildman–Crippen LogP) is 5.69. The second-order valence-corrected chi connectivity index (χ2v) is 13.8. The van der Waals surface area contributed by atoms with Gasteiger partial charge in [0.1, 0.15) is 11.9 Å². The molecular weight excluding hydrogens is 573 g/mol. The molecule has 1 amide bonds. The summed E-state index contributed by atoms with van der Waals surface area (Å²) in [4.78, 5) is 29.4. The van der Waals surface area contributed by atoms with Crippen LogP contribution in [0.15, 0.2) is 24.4 Å². The molecule has 2 N–H and O–H groups in total. The average Bonchev–Trinajstić information content (AvgIpc) is 3.70. The highest BCUT2D eigenvalue weighted by Gasteiger charge is 2.45. The normalized spacial score (nSPS) is 24.4. The Balaban J connectivity index is 1.18. The lowest BCUT2D eigenvalue weighted by Crippen LogP contribution is -2.42. The number of benzene rings is 1. The summed E-state index contributed by atoms with van der Waals surface area (Å²) in [6, 6.07) is 5.52. The summed E-state index contributed by atoms with van der Waals surface area (Å²) in [6.07, 6.45) is 1.66. The van der Waals surface area contributed by atoms with Crippen molar-refractivity contribution in [2.24, 2.45) is 11.8 Å². The number of aromatic amines is 1. The minimum atomic E-state index is -4.67. The third kappa shape index (κ3) is 6.72. The van der Waals surface area contributed by atoms with Crippen LogP contribution < -0.4 is 5.32 Å². The molecular formula is C32H41F3N6O3. The molecule has 238 valence electrons. The fourth-order valence-electron chi connectivity index (χ4n) is 7.14. The van der Waals surface area contributed by atoms with E-state index >= 15 is 0 Å². The molecule has 3 heterocycles. The summed E-state index contributed by atoms with van der Waals surface area (Å²) in [7, 11) is 0. The lowest BCUT2D eigenvalue weighted by Gasteiger charge is -2.37. The SMILES string of the molecule is CC(C)(C)OC(=O)N1C[C@H]2CC(N3CCC(c4cn[nH]c4C(C)(C=O)CNc4ccc(C#N)c(C(F)(F)F)c4)CC3)C[C@H]2C1. The van der Waals surface area contributed by atoms with Crippen LogP contribution in [0, 0.1) is 23.2 Å². The van der Waals surface area contributed by atoms with Crippen molar-refractivity contribution in [3.63, 3.8) is 0 Å². The van der Waals surface area contributed by atoms with Gasteiger partial charge in [-0.05, 0) is 108 Å². The zero-order valence-electron chi connectivity index (χ0n) is 25.7. The number of halogens is 3. The van der Waals surface area contributed by atoms with Crippen molar-refractivity contribution in [2.75, 3.05) is 38.0 Å². The van der Waals surface area contributed by atoms with Crippen LogP contribution in [0.5, 0.6) is 0 Å². The number of H-pyrrole nitrogens is 1. The van der Waals surface area contributed by atoms with Crippen molar-refractivity contribution in [3.05, 3.63) is 46.8 Å². The van der Waals surface area contributed by atoms with E-state index in [2.05, 4.69) is 20.4 Å². The predicted molar refractivity (Wildman–Crippen MR) is 158 cm³/mol. The molecule has 12 heteroatoms. The minimum Gasteiger partial charge on any atom is -0.444 e. The van der Waals surface area contributed by atoms with Crippen molar-refractivity contribution in [1.29, 1.82) is 5.26 Å². The zero-order chi connectivity index (χ0) is 31.9. The largest absolute Gasteiger partial charge is 0.444 e. The van der Waals surface area contributed by atoms with E-state index in [9.17, 15) is 22.8 Å². The molecule has 4 atom stereocenters. The highest BCUT2D eigenvalue weighted by Crippen LogP contribution is 2.43. The van der Waals surface area contributed by atoms with Gasteiger partial charge in [0.2, 0.25) is 0 Å². The number of anilines is 1. The van der Waals surface area contributed by atoms with E-state index in [0.29, 0.717) is 23.6 Å². The van der Waals surface area contributed by atoms with Crippen LogP contribution in [0.3, 0.4) is 0 Å². The van der Waals surface area contributed by atoms with Crippen LogP contribution in [-0.2, 0) is 21.1 Å². The van der Waals surface area contributed by atoms with E-state index in [1.807, 2.05) is 25.7 Å². The lowest BCUT2D eigenvalue weighted by molar-refractivity contribution is -0.137. The minimum absolute atomic E-state index is 0.0545. The molecule has 1 saturated carbocycles. The molecule has 2 aromatic rings. The molecule has 3 aliphatic rings. The van der Waals surface area contributed by atoms with Crippen molar-refractivity contribution in [1.82, 2.24) is 20.0 Å². The Labute approximate surface area is 256 Å². The number of nitrogens with one attached hydrogen (secondary N) is 2. The van der Waals surface area contributed by atoms with Crippen LogP contribution >= 0.6 is 0 Å². The maximum absolute atomic E-state index is 13.4. The van der Waals surface area contributed by atoms with Crippen LogP contribution in [0.1, 0.15) is 81.7 Å². The number of piperidine rings is 1. The molecule has 0 bridgehead atoms. The Morgan fingerprint density at radius 2 is 1.82 bits per heavy atom. The van der Waals surface area contributed by atoms with E-state index in [1.54, 1.807) is 19.2 Å². The fraction of sp³-hybridized carbons (Fsp3) is 0.625. The van der Waals surface area contributed by atoms with E-state index < -0.39 is 28.3 Å². The number of rotatable bonds is 7. The number of hydrogen-bond donors (Lipinski definition) is 2. The smallest absolute Gasteiger partial charge is 0.417 e. The highest BCUT2D eigenvalue weighted by molar-refractivity contribution is 5.70. The monoisotopic (exact) mass is 614 g/mol. The Morgan fingerprint density at radius 3 is 2.39 bits per heavy atom. The molecule has 1 aromatic heterocycles. The third-order valence-electron chi connectivity index (χ3n) is 9.47. The van der Waals surface area contributed by atoms with E-state index in [0.717, 1.165) is 75.8 Å². The van der Waals surface area contributed by atoms with Crippen LogP contribution in [-0.4, -0.2) is 76.7 Å². The summed E-state index contributed by atoms with van der Waals surface area (Å²) < 4.78 is 45.9. The first-order chi connectivity index (χ1) is 20.7. The number of carbonyl (C=O) groups is 2. The van der Waals surface area contributed by atoms with Crippen molar-refractivity contribution >= 4 is 18.1 Å². The standard InChI is InChI=1S/C32H41F3N6O3/c1-30(2,3)44-29(43)41-16-22-11-25(12-23(22)17-41)40-9-7-20(8-10-40)26-15-38-39-28(26)31(4,19-42)18-37-24-6-5-21(14-36)27(13-24)32(33,34)35/h5-6,13,15,19-20,22-23,25,37H,7-12,16-18H2,1-4H3,(H,38,39)/t22-,23+,25?,31?. The van der Waals surface area contributed by atoms with Gasteiger partial charge in [-0.25, -0.2) is 4.79 Å². The first-order valence-electron chi connectivity index (χ1n) is 15.3. The summed E-state index contributed by atoms with van der Waals surface area (Å²) in [5.41, 5.74) is -1.21. The Morgan fingerprint density at radius 1 is 1.16 bits per heavy atom. The van der Waals surface area contributed by atoms with Crippen LogP contribution in [0.4, 0.5) is 23.7 Å². The third-order valence-corrected chi connectivity index (χ3v) is 9.47. The molecule has 2 aliphatic heterocycles. The average molecular weight is 615 g/mol. The molecule has 0 spiro atoms. The zero-order valence-corrected chi connectivity index (χ0v) is 25.7. The van der Waals surface area contributed by atoms with Gasteiger partial charge in [0.05, 0.1) is 34.5 Å². The van der Waals surface area contributed by atoms with Gasteiger partial charge in [-0.15, -0.1) is 0 Å². The number of nitrogens with zero attached hydrogens (tertiary/aromatic N) is 4. The maximum Gasteiger partial charge on any atom is 0.417 e. The lowest BCUT2D eigenvalue weighted by atomic mass is 9.80. The Bertz CT molecular complexity index is 1390. The molecule has 44 heavy (non-hydrogen) atoms. The van der Waals surface area contributed by atoms with Gasteiger partial charge in [0.15, 0.2) is 0 Å². The van der Waals surface area contributed by atoms with E-state index in [-0.39, 0.29) is 24.2 Å². The van der Waals surface area contributed by atoms with Crippen molar-refractivity contribution in [3.8, 4) is 6.07 Å². The van der Waals surface area contributed by atoms with Crippen LogP contribution in [0.2, 0.25) is 0 Å². The second kappa shape index (κ2) is 12.1. The molecule has 0 radical (unpaired) electrons. The number of nitriles is 1. The number of aromatic nitrogens is 2. The summed E-state index contributed by atoms with van der Waals surface area (Å²) >= 11 is 0. The van der Waals surface area contributed by atoms with Crippen LogP contribution in [0.25, 0.3) is 0 Å². The molecule has 1 aliphatic carbocycles. The van der Waals surface area contributed by atoms with Gasteiger partial charge in [-0.1, -0.05) is 0 Å². The fourth-order valence-corrected chi connectivity index (χ4v) is 7.14. The molecule has 2 unspecified atom stereocenters. The van der Waals surface area contributed by atoms with Gasteiger partial charge in [0, 0.05) is 31.4 Å². The van der Waals surface area contributed by atoms with E-state index in [1.165, 1.54) is 6.07 Å². The van der Waals surface area contributed by atoms with Gasteiger partial charge in [-0.3, -0.25) is 5.10 Å². The number of alkyl halides is 3. The number of ether oxygens (including phenoxy) is 1. The first-order valence-corrected chi connectivity index (χ1v) is 15.3. The molecule has 5 rings (SSSR count). The molecule has 1 aromatic carbocycles. The van der Waals surface area contributed by atoms with Crippen molar-refractivity contribution < 1.29 is 27.5 Å². The summed E-state index contributed by atoms with van der Waals surface area (Å²) in [5, 5.41) is 19.3. The first kappa shape index (κ1) is 31.8. The Hall–Kier alpha value is -3.59. The number of hydrogen-bond acceptors (Lipinski definition) is 7. The highest BCUT2D eigenvalue weighted by atomic mass is 19.4. The molecule has 9 nitrogen and oxygen atoms in total. The number of aldehydes is 1. The molecule has 3 fully saturated rings. The quantitative estimate of drug-likeness (QED) is 0.385.